The van der Waals surface area contributed by atoms with E-state index >= 15 is 0 Å². The number of hydroxylamine groups is 1. The zero-order chi connectivity index (χ0) is 26.7. The molecule has 37 heavy (non-hydrogen) atoms. The van der Waals surface area contributed by atoms with Crippen LogP contribution in [0.3, 0.4) is 0 Å². The molecule has 0 bridgehead atoms. The SMILES string of the molecule is CN(C(CCn1c(=O)[nH]c2ccsc2c1=O)C(=O)NO)S(=O)(=O)c1ccc(Oc2cccc(Cl)c2)cc1. The van der Waals surface area contributed by atoms with Gasteiger partial charge < -0.3 is 9.72 Å². The molecule has 2 aromatic heterocycles. The molecule has 0 spiro atoms. The number of sulfonamides is 1. The van der Waals surface area contributed by atoms with Gasteiger partial charge in [0, 0.05) is 18.6 Å². The molecule has 194 valence electrons. The summed E-state index contributed by atoms with van der Waals surface area (Å²) < 4.78 is 34.2. The van der Waals surface area contributed by atoms with Gasteiger partial charge in [0.25, 0.3) is 11.5 Å². The highest BCUT2D eigenvalue weighted by atomic mass is 35.5. The lowest BCUT2D eigenvalue weighted by Crippen LogP contribution is -2.48. The van der Waals surface area contributed by atoms with Crippen molar-refractivity contribution in [2.45, 2.75) is 23.9 Å². The van der Waals surface area contributed by atoms with E-state index < -0.39 is 33.2 Å². The van der Waals surface area contributed by atoms with E-state index in [0.29, 0.717) is 26.7 Å². The number of rotatable bonds is 9. The third kappa shape index (κ3) is 5.60. The Labute approximate surface area is 219 Å². The number of likely N-dealkylation sites (N-methyl/N-ethyl adjacent to an activating group) is 1. The van der Waals surface area contributed by atoms with E-state index in [4.69, 9.17) is 16.3 Å². The lowest BCUT2D eigenvalue weighted by atomic mass is 10.2. The van der Waals surface area contributed by atoms with Crippen molar-refractivity contribution in [3.63, 3.8) is 0 Å². The average Bonchev–Trinajstić information content (AvgIpc) is 3.34. The number of hydrogen-bond donors (Lipinski definition) is 3. The van der Waals surface area contributed by atoms with Gasteiger partial charge in [-0.15, -0.1) is 11.3 Å². The zero-order valence-electron chi connectivity index (χ0n) is 19.3. The predicted octanol–water partition coefficient (Wildman–Crippen LogP) is 2.78. The first-order valence-corrected chi connectivity index (χ1v) is 13.5. The summed E-state index contributed by atoms with van der Waals surface area (Å²) in [5.41, 5.74) is 0.594. The first-order chi connectivity index (χ1) is 17.6. The molecule has 14 heteroatoms. The Balaban J connectivity index is 1.55. The van der Waals surface area contributed by atoms with Crippen molar-refractivity contribution >= 4 is 49.1 Å². The van der Waals surface area contributed by atoms with Gasteiger partial charge >= 0.3 is 5.69 Å². The molecule has 3 N–H and O–H groups in total. The number of H-pyrrole nitrogens is 1. The number of nitrogens with one attached hydrogen (secondary N) is 2. The van der Waals surface area contributed by atoms with Crippen LogP contribution in [0.5, 0.6) is 11.5 Å². The van der Waals surface area contributed by atoms with Gasteiger partial charge in [0.05, 0.1) is 10.4 Å². The highest BCUT2D eigenvalue weighted by Crippen LogP contribution is 2.26. The van der Waals surface area contributed by atoms with Crippen molar-refractivity contribution in [3.8, 4) is 11.5 Å². The number of halogens is 1. The van der Waals surface area contributed by atoms with Crippen LogP contribution in [-0.2, 0) is 21.4 Å². The second-order valence-electron chi connectivity index (χ2n) is 7.88. The molecule has 1 unspecified atom stereocenters. The van der Waals surface area contributed by atoms with Gasteiger partial charge in [0.15, 0.2) is 0 Å². The van der Waals surface area contributed by atoms with Crippen LogP contribution in [0, 0.1) is 0 Å². The lowest BCUT2D eigenvalue weighted by molar-refractivity contribution is -0.133. The maximum absolute atomic E-state index is 13.3. The molecule has 0 aliphatic carbocycles. The minimum absolute atomic E-state index is 0.140. The monoisotopic (exact) mass is 564 g/mol. The largest absolute Gasteiger partial charge is 0.457 e. The van der Waals surface area contributed by atoms with Gasteiger partial charge in [-0.3, -0.25) is 19.4 Å². The Hall–Kier alpha value is -3.49. The van der Waals surface area contributed by atoms with E-state index in [1.807, 2.05) is 0 Å². The van der Waals surface area contributed by atoms with E-state index in [1.165, 1.54) is 36.8 Å². The van der Waals surface area contributed by atoms with Gasteiger partial charge in [-0.1, -0.05) is 17.7 Å². The Morgan fingerprint density at radius 1 is 1.19 bits per heavy atom. The Morgan fingerprint density at radius 3 is 2.59 bits per heavy atom. The summed E-state index contributed by atoms with van der Waals surface area (Å²) in [6, 6.07) is 12.3. The van der Waals surface area contributed by atoms with Crippen LogP contribution in [0.2, 0.25) is 5.02 Å². The number of nitrogens with zero attached hydrogens (tertiary/aromatic N) is 2. The number of fused-ring (bicyclic) bond motifs is 1. The van der Waals surface area contributed by atoms with Crippen LogP contribution in [-0.4, -0.2) is 46.5 Å². The second kappa shape index (κ2) is 10.9. The zero-order valence-corrected chi connectivity index (χ0v) is 21.6. The first kappa shape index (κ1) is 26.6. The predicted molar refractivity (Wildman–Crippen MR) is 138 cm³/mol. The van der Waals surface area contributed by atoms with E-state index in [-0.39, 0.29) is 17.9 Å². The molecule has 0 saturated heterocycles. The van der Waals surface area contributed by atoms with Crippen molar-refractivity contribution in [1.29, 1.82) is 0 Å². The number of carbonyl (C=O) groups excluding carboxylic acids is 1. The van der Waals surface area contributed by atoms with Crippen molar-refractivity contribution in [2.75, 3.05) is 7.05 Å². The molecule has 2 aromatic carbocycles. The van der Waals surface area contributed by atoms with E-state index in [0.717, 1.165) is 20.2 Å². The average molecular weight is 565 g/mol. The van der Waals surface area contributed by atoms with Crippen molar-refractivity contribution in [1.82, 2.24) is 19.3 Å². The van der Waals surface area contributed by atoms with Gasteiger partial charge in [-0.25, -0.2) is 18.7 Å². The Kier molecular flexibility index (Phi) is 7.80. The fourth-order valence-electron chi connectivity index (χ4n) is 3.66. The first-order valence-electron chi connectivity index (χ1n) is 10.8. The maximum atomic E-state index is 13.3. The summed E-state index contributed by atoms with van der Waals surface area (Å²) in [5, 5.41) is 11.4. The fourth-order valence-corrected chi connectivity index (χ4v) is 5.98. The molecular weight excluding hydrogens is 544 g/mol. The van der Waals surface area contributed by atoms with Crippen LogP contribution in [0.15, 0.2) is 74.5 Å². The number of aromatic nitrogens is 2. The molecule has 4 rings (SSSR count). The fraction of sp³-hybridized carbons (Fsp3) is 0.174. The smallest absolute Gasteiger partial charge is 0.328 e. The molecule has 1 atom stereocenters. The molecule has 0 aliphatic rings. The highest BCUT2D eigenvalue weighted by molar-refractivity contribution is 7.89. The highest BCUT2D eigenvalue weighted by Gasteiger charge is 2.33. The molecule has 4 aromatic rings. The summed E-state index contributed by atoms with van der Waals surface area (Å²) in [6.07, 6.45) is -0.266. The number of amides is 1. The summed E-state index contributed by atoms with van der Waals surface area (Å²) >= 11 is 7.09. The molecule has 0 radical (unpaired) electrons. The van der Waals surface area contributed by atoms with Gasteiger partial charge in [0.1, 0.15) is 22.2 Å². The minimum Gasteiger partial charge on any atom is -0.457 e. The van der Waals surface area contributed by atoms with Crippen LogP contribution in [0.1, 0.15) is 6.42 Å². The van der Waals surface area contributed by atoms with Crippen molar-refractivity contribution in [2.24, 2.45) is 0 Å². The molecular formula is C23H21ClN4O7S2. The summed E-state index contributed by atoms with van der Waals surface area (Å²) in [5.74, 6) is -0.198. The molecule has 0 saturated carbocycles. The number of hydrogen-bond acceptors (Lipinski definition) is 8. The molecule has 11 nitrogen and oxygen atoms in total. The summed E-state index contributed by atoms with van der Waals surface area (Å²) in [7, 11) is -3.06. The lowest BCUT2D eigenvalue weighted by Gasteiger charge is -2.26. The number of thiophene rings is 1. The molecule has 1 amide bonds. The van der Waals surface area contributed by atoms with E-state index in [9.17, 15) is 28.0 Å². The summed E-state index contributed by atoms with van der Waals surface area (Å²) in [4.78, 5) is 39.9. The number of ether oxygens (including phenoxy) is 1. The minimum atomic E-state index is -4.23. The number of benzene rings is 2. The van der Waals surface area contributed by atoms with Gasteiger partial charge in [-0.05, 0) is 60.3 Å². The van der Waals surface area contributed by atoms with Crippen molar-refractivity contribution in [3.05, 3.63) is 85.8 Å². The number of carbonyl (C=O) groups is 1. The third-order valence-corrected chi connectivity index (χ3v) is 8.62. The van der Waals surface area contributed by atoms with E-state index in [1.54, 1.807) is 35.7 Å². The van der Waals surface area contributed by atoms with Crippen LogP contribution in [0.25, 0.3) is 10.2 Å². The van der Waals surface area contributed by atoms with E-state index in [2.05, 4.69) is 4.98 Å². The number of aromatic amines is 1. The maximum Gasteiger partial charge on any atom is 0.328 e. The molecule has 0 fully saturated rings. The third-order valence-electron chi connectivity index (χ3n) is 5.60. The topological polar surface area (TPSA) is 151 Å². The van der Waals surface area contributed by atoms with Gasteiger partial charge in [-0.2, -0.15) is 4.31 Å². The second-order valence-corrected chi connectivity index (χ2v) is 11.2. The standard InChI is InChI=1S/C23H21ClN4O7S2/c1-27(37(33,34)17-7-5-15(6-8-17)35-16-4-2-3-14(24)13-16)19(21(29)26-32)9-11-28-22(30)20-18(10-12-36-20)25-23(28)31/h2-8,10,12-13,19,32H,9,11H2,1H3,(H,25,31)(H,26,29). The Bertz CT molecular complexity index is 1660. The molecule has 0 aliphatic heterocycles. The molecule has 2 heterocycles. The van der Waals surface area contributed by atoms with Crippen LogP contribution < -0.4 is 21.5 Å². The Morgan fingerprint density at radius 2 is 1.92 bits per heavy atom. The summed E-state index contributed by atoms with van der Waals surface area (Å²) in [6.45, 7) is -0.271. The van der Waals surface area contributed by atoms with Crippen LogP contribution in [0.4, 0.5) is 0 Å². The van der Waals surface area contributed by atoms with Crippen LogP contribution >= 0.6 is 22.9 Å². The quantitative estimate of drug-likeness (QED) is 0.209. The van der Waals surface area contributed by atoms with Crippen molar-refractivity contribution < 1.29 is 23.2 Å². The normalized spacial score (nSPS) is 12.5. The van der Waals surface area contributed by atoms with Gasteiger partial charge in [0.2, 0.25) is 10.0 Å².